The molecule has 0 spiro atoms. The Morgan fingerprint density at radius 2 is 1.69 bits per heavy atom. The van der Waals surface area contributed by atoms with Crippen LogP contribution in [0.1, 0.15) is 38.6 Å². The second kappa shape index (κ2) is 8.43. The molecule has 0 unspecified atom stereocenters. The third-order valence-electron chi connectivity index (χ3n) is 4.00. The normalized spacial score (nSPS) is 14.0. The first-order valence-electron chi connectivity index (χ1n) is 8.60. The van der Waals surface area contributed by atoms with Crippen LogP contribution in [0.2, 0.25) is 0 Å². The van der Waals surface area contributed by atoms with Crippen LogP contribution in [0.3, 0.4) is 0 Å². The SMILES string of the molecule is CC.COc1ccc(-c2c(C)noc2C2=CC(C)=C(O)C=C(O)C2)cc1. The molecule has 1 aliphatic rings. The smallest absolute Gasteiger partial charge is 0.171 e. The summed E-state index contributed by atoms with van der Waals surface area (Å²) in [5.41, 5.74) is 3.99. The quantitative estimate of drug-likeness (QED) is 0.733. The molecule has 0 atom stereocenters. The number of aliphatic hydroxyl groups excluding tert-OH is 2. The zero-order valence-electron chi connectivity index (χ0n) is 15.8. The van der Waals surface area contributed by atoms with Crippen LogP contribution in [0.25, 0.3) is 16.7 Å². The summed E-state index contributed by atoms with van der Waals surface area (Å²) in [4.78, 5) is 0. The summed E-state index contributed by atoms with van der Waals surface area (Å²) in [6, 6.07) is 7.63. The Hall–Kier alpha value is -2.95. The van der Waals surface area contributed by atoms with E-state index in [1.165, 1.54) is 6.08 Å². The minimum Gasteiger partial charge on any atom is -0.512 e. The average Bonchev–Trinajstić information content (AvgIpc) is 2.98. The second-order valence-corrected chi connectivity index (χ2v) is 5.75. The molecule has 1 aromatic carbocycles. The van der Waals surface area contributed by atoms with Gasteiger partial charge in [0, 0.05) is 18.1 Å². The summed E-state index contributed by atoms with van der Waals surface area (Å²) < 4.78 is 10.7. The fraction of sp³-hybridized carbons (Fsp3) is 0.286. The molecule has 1 heterocycles. The molecule has 0 bridgehead atoms. The number of aryl methyl sites for hydroxylation is 1. The number of hydrogen-bond acceptors (Lipinski definition) is 5. The Labute approximate surface area is 153 Å². The number of hydrogen-bond donors (Lipinski definition) is 2. The van der Waals surface area contributed by atoms with Crippen molar-refractivity contribution in [2.45, 2.75) is 34.1 Å². The molecule has 0 amide bonds. The molecular formula is C21H25NO4. The van der Waals surface area contributed by atoms with Gasteiger partial charge >= 0.3 is 0 Å². The average molecular weight is 355 g/mol. The molecule has 2 N–H and O–H groups in total. The van der Waals surface area contributed by atoms with Crippen molar-refractivity contribution in [1.29, 1.82) is 0 Å². The molecule has 3 rings (SSSR count). The van der Waals surface area contributed by atoms with Crippen molar-refractivity contribution >= 4 is 5.57 Å². The van der Waals surface area contributed by atoms with Crippen molar-refractivity contribution in [3.63, 3.8) is 0 Å². The van der Waals surface area contributed by atoms with Crippen molar-refractivity contribution in [1.82, 2.24) is 5.16 Å². The molecule has 1 aliphatic carbocycles. The molecule has 1 aromatic heterocycles. The fourth-order valence-electron chi connectivity index (χ4n) is 2.74. The van der Waals surface area contributed by atoms with Crippen molar-refractivity contribution in [2.24, 2.45) is 0 Å². The van der Waals surface area contributed by atoms with Crippen LogP contribution < -0.4 is 4.74 Å². The van der Waals surface area contributed by atoms with Gasteiger partial charge in [0.2, 0.25) is 0 Å². The zero-order chi connectivity index (χ0) is 19.3. The van der Waals surface area contributed by atoms with Crippen molar-refractivity contribution < 1.29 is 19.5 Å². The Kier molecular flexibility index (Phi) is 6.28. The first-order valence-corrected chi connectivity index (χ1v) is 8.60. The van der Waals surface area contributed by atoms with Gasteiger partial charge in [0.05, 0.1) is 18.4 Å². The van der Waals surface area contributed by atoms with Crippen LogP contribution >= 0.6 is 0 Å². The van der Waals surface area contributed by atoms with E-state index < -0.39 is 0 Å². The van der Waals surface area contributed by atoms with Gasteiger partial charge in [0.15, 0.2) is 5.76 Å². The Bertz CT molecular complexity index is 855. The molecule has 2 aromatic rings. The van der Waals surface area contributed by atoms with E-state index in [4.69, 9.17) is 9.26 Å². The first-order chi connectivity index (χ1) is 12.5. The summed E-state index contributed by atoms with van der Waals surface area (Å²) in [5.74, 6) is 1.48. The van der Waals surface area contributed by atoms with Gasteiger partial charge in [-0.25, -0.2) is 0 Å². The van der Waals surface area contributed by atoms with Crippen LogP contribution in [0.5, 0.6) is 5.75 Å². The van der Waals surface area contributed by atoms with Crippen molar-refractivity contribution in [3.05, 3.63) is 65.0 Å². The van der Waals surface area contributed by atoms with E-state index in [0.29, 0.717) is 11.3 Å². The number of aliphatic hydroxyl groups is 2. The fourth-order valence-corrected chi connectivity index (χ4v) is 2.74. The summed E-state index contributed by atoms with van der Waals surface area (Å²) in [5, 5.41) is 24.0. The van der Waals surface area contributed by atoms with Crippen molar-refractivity contribution in [3.8, 4) is 16.9 Å². The van der Waals surface area contributed by atoms with Crippen LogP contribution in [0.4, 0.5) is 0 Å². The lowest BCUT2D eigenvalue weighted by molar-refractivity contribution is 0.380. The summed E-state index contributed by atoms with van der Waals surface area (Å²) in [6.07, 6.45) is 3.43. The van der Waals surface area contributed by atoms with E-state index in [1.807, 2.05) is 51.1 Å². The van der Waals surface area contributed by atoms with E-state index in [0.717, 1.165) is 28.1 Å². The minimum atomic E-state index is 0.0461. The number of allylic oxidation sites excluding steroid dienone is 4. The van der Waals surface area contributed by atoms with E-state index in [-0.39, 0.29) is 17.9 Å². The Morgan fingerprint density at radius 3 is 2.31 bits per heavy atom. The molecule has 0 saturated heterocycles. The highest BCUT2D eigenvalue weighted by Crippen LogP contribution is 2.36. The van der Waals surface area contributed by atoms with Gasteiger partial charge in [-0.05, 0) is 43.2 Å². The maximum Gasteiger partial charge on any atom is 0.171 e. The molecule has 5 nitrogen and oxygen atoms in total. The topological polar surface area (TPSA) is 75.7 Å². The van der Waals surface area contributed by atoms with Gasteiger partial charge in [-0.15, -0.1) is 0 Å². The highest BCUT2D eigenvalue weighted by molar-refractivity contribution is 5.81. The minimum absolute atomic E-state index is 0.0461. The third-order valence-corrected chi connectivity index (χ3v) is 4.00. The lowest BCUT2D eigenvalue weighted by Crippen LogP contribution is -1.90. The van der Waals surface area contributed by atoms with Gasteiger partial charge in [-0.2, -0.15) is 0 Å². The zero-order valence-corrected chi connectivity index (χ0v) is 15.8. The molecule has 0 aliphatic heterocycles. The maximum atomic E-state index is 9.99. The highest BCUT2D eigenvalue weighted by Gasteiger charge is 2.21. The largest absolute Gasteiger partial charge is 0.512 e. The summed E-state index contributed by atoms with van der Waals surface area (Å²) in [7, 11) is 1.62. The molecular weight excluding hydrogens is 330 g/mol. The van der Waals surface area contributed by atoms with Crippen LogP contribution in [-0.2, 0) is 0 Å². The molecule has 0 saturated carbocycles. The molecule has 0 radical (unpaired) electrons. The summed E-state index contributed by atoms with van der Waals surface area (Å²) in [6.45, 7) is 7.65. The number of benzene rings is 1. The summed E-state index contributed by atoms with van der Waals surface area (Å²) >= 11 is 0. The standard InChI is InChI=1S/C19H19NO4.C2H6/c1-11-8-14(9-15(21)10-17(11)22)19-18(12(2)20-24-19)13-4-6-16(23-3)7-5-13;1-2/h4-8,10,21-22H,9H2,1-3H3;1-2H3. The number of ether oxygens (including phenoxy) is 1. The molecule has 26 heavy (non-hydrogen) atoms. The van der Waals surface area contributed by atoms with Gasteiger partial charge < -0.3 is 19.5 Å². The molecule has 0 fully saturated rings. The number of nitrogens with zero attached hydrogens (tertiary/aromatic N) is 1. The molecule has 138 valence electrons. The first kappa shape index (κ1) is 19.4. The maximum absolute atomic E-state index is 9.99. The molecule has 5 heteroatoms. The van der Waals surface area contributed by atoms with Crippen LogP contribution in [0, 0.1) is 6.92 Å². The van der Waals surface area contributed by atoms with E-state index in [2.05, 4.69) is 5.16 Å². The van der Waals surface area contributed by atoms with Crippen LogP contribution in [-0.4, -0.2) is 22.5 Å². The van der Waals surface area contributed by atoms with E-state index >= 15 is 0 Å². The Morgan fingerprint density at radius 1 is 1.04 bits per heavy atom. The van der Waals surface area contributed by atoms with Crippen LogP contribution in [0.15, 0.2) is 58.0 Å². The van der Waals surface area contributed by atoms with E-state index in [9.17, 15) is 10.2 Å². The van der Waals surface area contributed by atoms with Gasteiger partial charge in [0.1, 0.15) is 17.3 Å². The highest BCUT2D eigenvalue weighted by atomic mass is 16.5. The second-order valence-electron chi connectivity index (χ2n) is 5.75. The lowest BCUT2D eigenvalue weighted by atomic mass is 9.97. The number of methoxy groups -OCH3 is 1. The van der Waals surface area contributed by atoms with Gasteiger partial charge in [0.25, 0.3) is 0 Å². The number of aromatic nitrogens is 1. The predicted molar refractivity (Wildman–Crippen MR) is 103 cm³/mol. The lowest BCUT2D eigenvalue weighted by Gasteiger charge is -2.07. The Balaban J connectivity index is 0.00000117. The third kappa shape index (κ3) is 3.99. The predicted octanol–water partition coefficient (Wildman–Crippen LogP) is 5.75. The van der Waals surface area contributed by atoms with Crippen molar-refractivity contribution in [2.75, 3.05) is 7.11 Å². The monoisotopic (exact) mass is 355 g/mol. The van der Waals surface area contributed by atoms with Gasteiger partial charge in [-0.1, -0.05) is 31.1 Å². The van der Waals surface area contributed by atoms with E-state index in [1.54, 1.807) is 14.0 Å². The number of rotatable bonds is 3. The van der Waals surface area contributed by atoms with Gasteiger partial charge in [-0.3, -0.25) is 0 Å².